The first-order chi connectivity index (χ1) is 10.5. The summed E-state index contributed by atoms with van der Waals surface area (Å²) >= 11 is 0. The van der Waals surface area contributed by atoms with Crippen LogP contribution < -0.4 is 5.56 Å². The van der Waals surface area contributed by atoms with E-state index in [9.17, 15) is 20.0 Å². The van der Waals surface area contributed by atoms with Gasteiger partial charge in [0.2, 0.25) is 0 Å². The molecule has 0 fully saturated rings. The second kappa shape index (κ2) is 4.96. The molecule has 7 heteroatoms. The summed E-state index contributed by atoms with van der Waals surface area (Å²) in [6, 6.07) is 11.1. The van der Waals surface area contributed by atoms with Crippen molar-refractivity contribution in [3.63, 3.8) is 0 Å². The number of benzene rings is 2. The average Bonchev–Trinajstić information content (AvgIpc) is 2.48. The molecule has 0 aliphatic carbocycles. The van der Waals surface area contributed by atoms with Crippen molar-refractivity contribution in [2.24, 2.45) is 0 Å². The summed E-state index contributed by atoms with van der Waals surface area (Å²) < 4.78 is 1.29. The predicted octanol–water partition coefficient (Wildman–Crippen LogP) is 2.31. The van der Waals surface area contributed by atoms with Gasteiger partial charge in [-0.1, -0.05) is 12.1 Å². The van der Waals surface area contributed by atoms with Gasteiger partial charge >= 0.3 is 5.56 Å². The summed E-state index contributed by atoms with van der Waals surface area (Å²) in [5.74, 6) is -0.700. The summed E-state index contributed by atoms with van der Waals surface area (Å²) in [6.45, 7) is 1.88. The molecular formula is C15H11N3O4. The molecule has 22 heavy (non-hydrogen) atoms. The number of aromatic hydroxyl groups is 1. The fraction of sp³-hybridized carbons (Fsp3) is 0.0667. The number of aromatic nitrogens is 2. The number of aryl methyl sites for hydroxylation is 1. The highest BCUT2D eigenvalue weighted by atomic mass is 16.6. The molecule has 1 heterocycles. The molecule has 3 aromatic rings. The van der Waals surface area contributed by atoms with E-state index in [1.165, 1.54) is 22.8 Å². The summed E-state index contributed by atoms with van der Waals surface area (Å²) in [6.07, 6.45) is 0. The Morgan fingerprint density at radius 3 is 2.68 bits per heavy atom. The molecule has 3 rings (SSSR count). The molecule has 0 spiro atoms. The Balaban J connectivity index is 2.40. The minimum Gasteiger partial charge on any atom is -0.489 e. The van der Waals surface area contributed by atoms with Crippen molar-refractivity contribution in [3.05, 3.63) is 68.5 Å². The molecular weight excluding hydrogens is 286 g/mol. The van der Waals surface area contributed by atoms with Crippen LogP contribution in [0.5, 0.6) is 5.88 Å². The number of non-ortho nitro benzene ring substituents is 1. The van der Waals surface area contributed by atoms with Gasteiger partial charge in [-0.25, -0.2) is 4.98 Å². The van der Waals surface area contributed by atoms with Gasteiger partial charge in [-0.15, -0.1) is 0 Å². The third kappa shape index (κ3) is 2.18. The first kappa shape index (κ1) is 13.7. The molecule has 0 radical (unpaired) electrons. The maximum atomic E-state index is 12.2. The third-order valence-electron chi connectivity index (χ3n) is 3.29. The van der Waals surface area contributed by atoms with E-state index in [0.717, 1.165) is 5.56 Å². The van der Waals surface area contributed by atoms with Gasteiger partial charge in [-0.2, -0.15) is 0 Å². The minimum absolute atomic E-state index is 0.158. The van der Waals surface area contributed by atoms with Crippen LogP contribution in [0.4, 0.5) is 5.69 Å². The summed E-state index contributed by atoms with van der Waals surface area (Å²) in [4.78, 5) is 26.3. The Morgan fingerprint density at radius 1 is 1.23 bits per heavy atom. The first-order valence-corrected chi connectivity index (χ1v) is 6.44. The molecule has 0 aliphatic rings. The fourth-order valence-electron chi connectivity index (χ4n) is 2.30. The lowest BCUT2D eigenvalue weighted by molar-refractivity contribution is -0.384. The Morgan fingerprint density at radius 2 is 2.00 bits per heavy atom. The van der Waals surface area contributed by atoms with Crippen molar-refractivity contribution >= 4 is 16.7 Å². The van der Waals surface area contributed by atoms with Crippen LogP contribution in [0, 0.1) is 17.0 Å². The van der Waals surface area contributed by atoms with Crippen molar-refractivity contribution < 1.29 is 10.0 Å². The molecule has 7 nitrogen and oxygen atoms in total. The smallest absolute Gasteiger partial charge is 0.318 e. The zero-order valence-corrected chi connectivity index (χ0v) is 11.6. The van der Waals surface area contributed by atoms with Gasteiger partial charge in [0.15, 0.2) is 0 Å². The molecule has 0 aliphatic heterocycles. The number of nitro benzene ring substituents is 1. The lowest BCUT2D eigenvalue weighted by Gasteiger charge is -2.10. The maximum absolute atomic E-state index is 12.2. The molecule has 0 amide bonds. The number of fused-ring (bicyclic) bond motifs is 1. The van der Waals surface area contributed by atoms with Gasteiger partial charge in [0.25, 0.3) is 11.6 Å². The highest BCUT2D eigenvalue weighted by Crippen LogP contribution is 2.22. The molecule has 110 valence electrons. The average molecular weight is 297 g/mol. The van der Waals surface area contributed by atoms with Crippen molar-refractivity contribution in [1.29, 1.82) is 0 Å². The quantitative estimate of drug-likeness (QED) is 0.578. The number of hydrogen-bond acceptors (Lipinski definition) is 5. The van der Waals surface area contributed by atoms with Crippen LogP contribution in [0.1, 0.15) is 5.56 Å². The zero-order valence-electron chi connectivity index (χ0n) is 11.6. The highest BCUT2D eigenvalue weighted by molar-refractivity contribution is 5.79. The Hall–Kier alpha value is -3.22. The Bertz CT molecular complexity index is 963. The van der Waals surface area contributed by atoms with Gasteiger partial charge < -0.3 is 5.11 Å². The minimum atomic E-state index is -0.700. The summed E-state index contributed by atoms with van der Waals surface area (Å²) in [5, 5.41) is 20.6. The fourth-order valence-corrected chi connectivity index (χ4v) is 2.30. The highest BCUT2D eigenvalue weighted by Gasteiger charge is 2.15. The van der Waals surface area contributed by atoms with E-state index < -0.39 is 16.4 Å². The van der Waals surface area contributed by atoms with Crippen LogP contribution in [-0.4, -0.2) is 19.6 Å². The van der Waals surface area contributed by atoms with Crippen molar-refractivity contribution in [2.75, 3.05) is 0 Å². The molecule has 0 saturated carbocycles. The van der Waals surface area contributed by atoms with Crippen LogP contribution in [0.15, 0.2) is 47.3 Å². The van der Waals surface area contributed by atoms with E-state index in [2.05, 4.69) is 4.98 Å². The second-order valence-electron chi connectivity index (χ2n) is 4.85. The van der Waals surface area contributed by atoms with E-state index in [0.29, 0.717) is 11.2 Å². The van der Waals surface area contributed by atoms with Crippen molar-refractivity contribution in [2.45, 2.75) is 6.92 Å². The van der Waals surface area contributed by atoms with E-state index in [1.807, 2.05) is 13.0 Å². The predicted molar refractivity (Wildman–Crippen MR) is 80.4 cm³/mol. The normalized spacial score (nSPS) is 10.8. The van der Waals surface area contributed by atoms with Crippen LogP contribution in [0.3, 0.4) is 0 Å². The largest absolute Gasteiger partial charge is 0.489 e. The maximum Gasteiger partial charge on any atom is 0.318 e. The molecule has 1 aromatic heterocycles. The van der Waals surface area contributed by atoms with Gasteiger partial charge in [0, 0.05) is 17.8 Å². The SMILES string of the molecule is Cc1cccc(-n2c(=O)c(O)nc3cc([N+](=O)[O-])ccc32)c1. The van der Waals surface area contributed by atoms with Crippen LogP contribution >= 0.6 is 0 Å². The number of rotatable bonds is 2. The van der Waals surface area contributed by atoms with E-state index in [4.69, 9.17) is 0 Å². The molecule has 0 unspecified atom stereocenters. The standard InChI is InChI=1S/C15H11N3O4/c1-9-3-2-4-10(7-9)17-13-6-5-11(18(21)22)8-12(13)16-14(19)15(17)20/h2-8H,1H3,(H,16,19). The molecule has 2 aromatic carbocycles. The first-order valence-electron chi connectivity index (χ1n) is 6.44. The Kier molecular flexibility index (Phi) is 3.10. The number of hydrogen-bond donors (Lipinski definition) is 1. The third-order valence-corrected chi connectivity index (χ3v) is 3.29. The van der Waals surface area contributed by atoms with E-state index >= 15 is 0 Å². The number of nitro groups is 1. The van der Waals surface area contributed by atoms with Crippen LogP contribution in [0.2, 0.25) is 0 Å². The van der Waals surface area contributed by atoms with Crippen LogP contribution in [0.25, 0.3) is 16.7 Å². The lowest BCUT2D eigenvalue weighted by atomic mass is 10.2. The van der Waals surface area contributed by atoms with Gasteiger partial charge in [0.05, 0.1) is 16.0 Å². The van der Waals surface area contributed by atoms with Crippen molar-refractivity contribution in [3.8, 4) is 11.6 Å². The van der Waals surface area contributed by atoms with Gasteiger partial charge in [-0.05, 0) is 30.7 Å². The summed E-state index contributed by atoms with van der Waals surface area (Å²) in [5.41, 5.74) is 1.23. The summed E-state index contributed by atoms with van der Waals surface area (Å²) in [7, 11) is 0. The monoisotopic (exact) mass is 297 g/mol. The lowest BCUT2D eigenvalue weighted by Crippen LogP contribution is -2.19. The second-order valence-corrected chi connectivity index (χ2v) is 4.85. The molecule has 0 atom stereocenters. The van der Waals surface area contributed by atoms with E-state index in [-0.39, 0.29) is 11.2 Å². The Labute approximate surface area is 124 Å². The topological polar surface area (TPSA) is 98.3 Å². The number of nitrogens with zero attached hydrogens (tertiary/aromatic N) is 3. The van der Waals surface area contributed by atoms with Gasteiger partial charge in [0.1, 0.15) is 0 Å². The van der Waals surface area contributed by atoms with Crippen molar-refractivity contribution in [1.82, 2.24) is 9.55 Å². The molecule has 0 bridgehead atoms. The van der Waals surface area contributed by atoms with Gasteiger partial charge in [-0.3, -0.25) is 19.5 Å². The molecule has 1 N–H and O–H groups in total. The van der Waals surface area contributed by atoms with Crippen LogP contribution in [-0.2, 0) is 0 Å². The van der Waals surface area contributed by atoms with E-state index in [1.54, 1.807) is 18.2 Å². The zero-order chi connectivity index (χ0) is 15.9. The molecule has 0 saturated heterocycles.